The zero-order chi connectivity index (χ0) is 12.4. The largest absolute Gasteiger partial charge is 0.459 e. The molecule has 94 valence electrons. The number of hydrogen-bond acceptors (Lipinski definition) is 2. The van der Waals surface area contributed by atoms with Gasteiger partial charge in [0.05, 0.1) is 0 Å². The van der Waals surface area contributed by atoms with E-state index in [9.17, 15) is 4.79 Å². The molecule has 0 N–H and O–H groups in total. The van der Waals surface area contributed by atoms with Crippen LogP contribution in [0.15, 0.2) is 12.7 Å². The summed E-state index contributed by atoms with van der Waals surface area (Å²) in [6, 6.07) is 0. The van der Waals surface area contributed by atoms with Crippen LogP contribution in [0.5, 0.6) is 0 Å². The molecule has 16 heavy (non-hydrogen) atoms. The second kappa shape index (κ2) is 9.44. The lowest BCUT2D eigenvalue weighted by Crippen LogP contribution is -2.19. The van der Waals surface area contributed by atoms with Crippen molar-refractivity contribution >= 4 is 5.97 Å². The quantitative estimate of drug-likeness (QED) is 0.437. The summed E-state index contributed by atoms with van der Waals surface area (Å²) in [7, 11) is 0. The minimum absolute atomic E-state index is 0.0623. The fraction of sp³-hybridized carbons (Fsp3) is 0.786. The topological polar surface area (TPSA) is 26.3 Å². The van der Waals surface area contributed by atoms with Gasteiger partial charge in [-0.15, -0.1) is 0 Å². The molecule has 0 heterocycles. The smallest absolute Gasteiger partial charge is 0.330 e. The van der Waals surface area contributed by atoms with Crippen molar-refractivity contribution in [2.24, 2.45) is 5.92 Å². The van der Waals surface area contributed by atoms with E-state index in [0.29, 0.717) is 5.92 Å². The lowest BCUT2D eigenvalue weighted by atomic mass is 9.92. The van der Waals surface area contributed by atoms with Gasteiger partial charge in [-0.05, 0) is 18.8 Å². The van der Waals surface area contributed by atoms with E-state index in [1.165, 1.54) is 31.8 Å². The molecule has 0 aliphatic rings. The Kier molecular flexibility index (Phi) is 8.97. The highest BCUT2D eigenvalue weighted by Crippen LogP contribution is 2.21. The molecule has 0 aromatic carbocycles. The van der Waals surface area contributed by atoms with Crippen molar-refractivity contribution in [3.05, 3.63) is 12.7 Å². The summed E-state index contributed by atoms with van der Waals surface area (Å²) in [6.45, 7) is 9.91. The Morgan fingerprint density at radius 3 is 2.44 bits per heavy atom. The van der Waals surface area contributed by atoms with Crippen molar-refractivity contribution in [1.82, 2.24) is 0 Å². The molecule has 0 spiro atoms. The Labute approximate surface area is 100 Å². The van der Waals surface area contributed by atoms with E-state index >= 15 is 0 Å². The van der Waals surface area contributed by atoms with Crippen LogP contribution in [0.3, 0.4) is 0 Å². The second-order valence-electron chi connectivity index (χ2n) is 4.32. The molecule has 0 rings (SSSR count). The Morgan fingerprint density at radius 2 is 2.00 bits per heavy atom. The zero-order valence-electron chi connectivity index (χ0n) is 11.0. The van der Waals surface area contributed by atoms with E-state index in [-0.39, 0.29) is 12.1 Å². The molecule has 2 atom stereocenters. The first-order valence-electron chi connectivity index (χ1n) is 6.50. The number of carbonyl (C=O) groups is 1. The standard InChI is InChI=1S/C14H26O2/c1-5-9-10-12(6-2)11-13(7-3)16-14(15)8-4/h8,12-13H,4-7,9-11H2,1-3H3. The van der Waals surface area contributed by atoms with Gasteiger partial charge in [0.1, 0.15) is 6.10 Å². The third-order valence-corrected chi connectivity index (χ3v) is 3.04. The first-order chi connectivity index (χ1) is 7.67. The van der Waals surface area contributed by atoms with Crippen LogP contribution < -0.4 is 0 Å². The van der Waals surface area contributed by atoms with Crippen LogP contribution in [0.25, 0.3) is 0 Å². The zero-order valence-corrected chi connectivity index (χ0v) is 11.0. The van der Waals surface area contributed by atoms with Gasteiger partial charge in [-0.3, -0.25) is 0 Å². The van der Waals surface area contributed by atoms with Crippen molar-refractivity contribution in [2.75, 3.05) is 0 Å². The third-order valence-electron chi connectivity index (χ3n) is 3.04. The van der Waals surface area contributed by atoms with E-state index in [2.05, 4.69) is 27.4 Å². The third kappa shape index (κ3) is 6.65. The molecular formula is C14H26O2. The van der Waals surface area contributed by atoms with Crippen LogP contribution in [-0.2, 0) is 9.53 Å². The van der Waals surface area contributed by atoms with Gasteiger partial charge in [-0.2, -0.15) is 0 Å². The summed E-state index contributed by atoms with van der Waals surface area (Å²) in [4.78, 5) is 11.1. The maximum atomic E-state index is 11.1. The van der Waals surface area contributed by atoms with Crippen molar-refractivity contribution in [1.29, 1.82) is 0 Å². The lowest BCUT2D eigenvalue weighted by Gasteiger charge is -2.21. The maximum absolute atomic E-state index is 11.1. The maximum Gasteiger partial charge on any atom is 0.330 e. The molecule has 0 bridgehead atoms. The predicted octanol–water partition coefficient (Wildman–Crippen LogP) is 4.10. The Morgan fingerprint density at radius 1 is 1.31 bits per heavy atom. The van der Waals surface area contributed by atoms with Crippen molar-refractivity contribution in [3.63, 3.8) is 0 Å². The van der Waals surface area contributed by atoms with Crippen LogP contribution in [-0.4, -0.2) is 12.1 Å². The van der Waals surface area contributed by atoms with Gasteiger partial charge in [0.15, 0.2) is 0 Å². The highest BCUT2D eigenvalue weighted by Gasteiger charge is 2.16. The summed E-state index contributed by atoms with van der Waals surface area (Å²) in [5.74, 6) is 0.389. The summed E-state index contributed by atoms with van der Waals surface area (Å²) in [5, 5.41) is 0. The van der Waals surface area contributed by atoms with Crippen LogP contribution >= 0.6 is 0 Å². The molecule has 0 aromatic rings. The van der Waals surface area contributed by atoms with Gasteiger partial charge >= 0.3 is 5.97 Å². The Balaban J connectivity index is 4.05. The molecule has 0 saturated heterocycles. The molecular weight excluding hydrogens is 200 g/mol. The molecule has 0 amide bonds. The van der Waals surface area contributed by atoms with E-state index in [4.69, 9.17) is 4.74 Å². The van der Waals surface area contributed by atoms with Crippen molar-refractivity contribution in [2.45, 2.75) is 65.4 Å². The normalized spacial score (nSPS) is 14.2. The Bertz CT molecular complexity index is 199. The van der Waals surface area contributed by atoms with Crippen LogP contribution in [0.1, 0.15) is 59.3 Å². The fourth-order valence-corrected chi connectivity index (χ4v) is 1.86. The molecule has 0 aliphatic carbocycles. The molecule has 2 nitrogen and oxygen atoms in total. The first-order valence-corrected chi connectivity index (χ1v) is 6.50. The van der Waals surface area contributed by atoms with Gasteiger partial charge in [-0.1, -0.05) is 53.0 Å². The predicted molar refractivity (Wildman–Crippen MR) is 68.3 cm³/mol. The second-order valence-corrected chi connectivity index (χ2v) is 4.32. The number of rotatable bonds is 9. The number of carbonyl (C=O) groups excluding carboxylic acids is 1. The Hall–Kier alpha value is -0.790. The highest BCUT2D eigenvalue weighted by molar-refractivity contribution is 5.81. The monoisotopic (exact) mass is 226 g/mol. The first kappa shape index (κ1) is 15.2. The minimum Gasteiger partial charge on any atom is -0.459 e. The van der Waals surface area contributed by atoms with Gasteiger partial charge in [-0.25, -0.2) is 4.79 Å². The summed E-state index contributed by atoms with van der Waals surface area (Å²) < 4.78 is 5.30. The van der Waals surface area contributed by atoms with Crippen LogP contribution in [0, 0.1) is 5.92 Å². The van der Waals surface area contributed by atoms with Gasteiger partial charge in [0, 0.05) is 6.08 Å². The number of unbranched alkanes of at least 4 members (excludes halogenated alkanes) is 1. The van der Waals surface area contributed by atoms with E-state index in [1.54, 1.807) is 0 Å². The average molecular weight is 226 g/mol. The minimum atomic E-state index is -0.294. The summed E-state index contributed by atoms with van der Waals surface area (Å²) in [6.07, 6.45) is 8.11. The highest BCUT2D eigenvalue weighted by atomic mass is 16.5. The summed E-state index contributed by atoms with van der Waals surface area (Å²) in [5.41, 5.74) is 0. The molecule has 0 saturated carbocycles. The molecule has 0 radical (unpaired) electrons. The SMILES string of the molecule is C=CC(=O)OC(CC)CC(CC)CCCC. The van der Waals surface area contributed by atoms with E-state index in [0.717, 1.165) is 12.8 Å². The molecule has 0 fully saturated rings. The van der Waals surface area contributed by atoms with Crippen molar-refractivity contribution in [3.8, 4) is 0 Å². The number of ether oxygens (including phenoxy) is 1. The van der Waals surface area contributed by atoms with Crippen LogP contribution in [0.4, 0.5) is 0 Å². The molecule has 0 aromatic heterocycles. The number of esters is 1. The van der Waals surface area contributed by atoms with Gasteiger partial charge in [0.2, 0.25) is 0 Å². The fourth-order valence-electron chi connectivity index (χ4n) is 1.86. The molecule has 2 unspecified atom stereocenters. The van der Waals surface area contributed by atoms with Crippen LogP contribution in [0.2, 0.25) is 0 Å². The van der Waals surface area contributed by atoms with E-state index in [1.807, 2.05) is 0 Å². The van der Waals surface area contributed by atoms with Gasteiger partial charge in [0.25, 0.3) is 0 Å². The molecule has 2 heteroatoms. The number of hydrogen-bond donors (Lipinski definition) is 0. The van der Waals surface area contributed by atoms with E-state index < -0.39 is 0 Å². The lowest BCUT2D eigenvalue weighted by molar-refractivity contribution is -0.144. The molecule has 0 aliphatic heterocycles. The average Bonchev–Trinajstić information content (AvgIpc) is 2.32. The van der Waals surface area contributed by atoms with Crippen molar-refractivity contribution < 1.29 is 9.53 Å². The van der Waals surface area contributed by atoms with Gasteiger partial charge < -0.3 is 4.74 Å². The summed E-state index contributed by atoms with van der Waals surface area (Å²) >= 11 is 0.